The second kappa shape index (κ2) is 11.3. The molecule has 0 N–H and O–H groups in total. The maximum Gasteiger partial charge on any atom is 0.573 e. The zero-order valence-electron chi connectivity index (χ0n) is 20.3. The van der Waals surface area contributed by atoms with Crippen molar-refractivity contribution in [3.63, 3.8) is 0 Å². The molecule has 1 unspecified atom stereocenters. The lowest BCUT2D eigenvalue weighted by molar-refractivity contribution is -0.274. The summed E-state index contributed by atoms with van der Waals surface area (Å²) in [7, 11) is 0. The lowest BCUT2D eigenvalue weighted by Gasteiger charge is -2.42. The van der Waals surface area contributed by atoms with Crippen LogP contribution >= 0.6 is 0 Å². The summed E-state index contributed by atoms with van der Waals surface area (Å²) in [5.74, 6) is 0.579. The average Bonchev–Trinajstić information content (AvgIpc) is 2.81. The minimum absolute atomic E-state index is 0.151. The molecule has 2 aliphatic carbocycles. The molecule has 192 valence electrons. The van der Waals surface area contributed by atoms with Crippen molar-refractivity contribution in [1.29, 1.82) is 0 Å². The summed E-state index contributed by atoms with van der Waals surface area (Å²) < 4.78 is 71.0. The number of benzene rings is 2. The van der Waals surface area contributed by atoms with Crippen molar-refractivity contribution in [3.05, 3.63) is 53.6 Å². The first-order chi connectivity index (χ1) is 16.7. The van der Waals surface area contributed by atoms with Gasteiger partial charge >= 0.3 is 6.36 Å². The number of fused-ring (bicyclic) bond motifs is 1. The minimum Gasteiger partial charge on any atom is -0.406 e. The Labute approximate surface area is 205 Å². The Morgan fingerprint density at radius 1 is 0.829 bits per heavy atom. The van der Waals surface area contributed by atoms with Gasteiger partial charge in [-0.25, -0.2) is 8.78 Å². The van der Waals surface area contributed by atoms with Crippen LogP contribution in [0, 0.1) is 29.4 Å². The van der Waals surface area contributed by atoms with Gasteiger partial charge in [0.25, 0.3) is 0 Å². The van der Waals surface area contributed by atoms with Crippen LogP contribution in [-0.4, -0.2) is 6.36 Å². The van der Waals surface area contributed by atoms with E-state index in [0.717, 1.165) is 43.2 Å². The number of hydrogen-bond donors (Lipinski definition) is 0. The van der Waals surface area contributed by atoms with E-state index in [9.17, 15) is 13.2 Å². The van der Waals surface area contributed by atoms with Crippen molar-refractivity contribution in [2.24, 2.45) is 17.8 Å². The molecule has 2 aromatic carbocycles. The van der Waals surface area contributed by atoms with Gasteiger partial charge in [0.05, 0.1) is 5.56 Å². The van der Waals surface area contributed by atoms with Crippen molar-refractivity contribution in [2.45, 2.75) is 89.8 Å². The Kier molecular flexibility index (Phi) is 8.38. The Hall–Kier alpha value is -2.11. The van der Waals surface area contributed by atoms with Crippen molar-refractivity contribution < 1.29 is 26.7 Å². The highest BCUT2D eigenvalue weighted by atomic mass is 19.4. The fourth-order valence-corrected chi connectivity index (χ4v) is 6.34. The van der Waals surface area contributed by atoms with Crippen LogP contribution in [0.15, 0.2) is 36.4 Å². The van der Waals surface area contributed by atoms with Crippen molar-refractivity contribution in [1.82, 2.24) is 0 Å². The number of ether oxygens (including phenoxy) is 1. The van der Waals surface area contributed by atoms with Gasteiger partial charge in [0.2, 0.25) is 0 Å². The van der Waals surface area contributed by atoms with Crippen LogP contribution < -0.4 is 4.74 Å². The van der Waals surface area contributed by atoms with Gasteiger partial charge in [-0.1, -0.05) is 57.6 Å². The summed E-state index contributed by atoms with van der Waals surface area (Å²) in [6, 6.07) is 7.46. The molecule has 35 heavy (non-hydrogen) atoms. The van der Waals surface area contributed by atoms with Crippen molar-refractivity contribution >= 4 is 0 Å². The lowest BCUT2D eigenvalue weighted by atomic mass is 9.63. The highest BCUT2D eigenvalue weighted by Gasteiger charge is 2.36. The molecule has 0 aromatic heterocycles. The molecule has 0 saturated heterocycles. The molecular weight excluding hydrogens is 459 g/mol. The highest BCUT2D eigenvalue weighted by Crippen LogP contribution is 2.49. The first kappa shape index (κ1) is 26.0. The van der Waals surface area contributed by atoms with Gasteiger partial charge in [0, 0.05) is 0 Å². The van der Waals surface area contributed by atoms with Gasteiger partial charge in [0.1, 0.15) is 17.4 Å². The summed E-state index contributed by atoms with van der Waals surface area (Å²) in [6.07, 6.45) is 8.63. The van der Waals surface area contributed by atoms with Crippen molar-refractivity contribution in [2.75, 3.05) is 0 Å². The van der Waals surface area contributed by atoms with E-state index >= 15 is 8.78 Å². The van der Waals surface area contributed by atoms with Crippen LogP contribution in [0.1, 0.15) is 89.0 Å². The Morgan fingerprint density at radius 2 is 1.49 bits per heavy atom. The number of halogens is 5. The fraction of sp³-hybridized carbons (Fsp3) is 0.586. The number of rotatable bonds is 8. The summed E-state index contributed by atoms with van der Waals surface area (Å²) in [6.45, 7) is 2.24. The first-order valence-electron chi connectivity index (χ1n) is 13.1. The minimum atomic E-state index is -4.81. The Bertz CT molecular complexity index is 945. The largest absolute Gasteiger partial charge is 0.573 e. The molecule has 2 aliphatic rings. The molecule has 2 fully saturated rings. The summed E-state index contributed by atoms with van der Waals surface area (Å²) in [5, 5.41) is 0. The molecule has 0 aliphatic heterocycles. The van der Waals surface area contributed by atoms with Crippen LogP contribution in [0.2, 0.25) is 0 Å². The van der Waals surface area contributed by atoms with E-state index in [1.807, 2.05) is 0 Å². The van der Waals surface area contributed by atoms with Crippen LogP contribution in [0.25, 0.3) is 11.1 Å². The topological polar surface area (TPSA) is 9.23 Å². The third-order valence-electron chi connectivity index (χ3n) is 8.10. The molecule has 2 aromatic rings. The first-order valence-corrected chi connectivity index (χ1v) is 13.1. The summed E-state index contributed by atoms with van der Waals surface area (Å²) >= 11 is 0. The predicted octanol–water partition coefficient (Wildman–Crippen LogP) is 9.80. The zero-order valence-corrected chi connectivity index (χ0v) is 20.3. The van der Waals surface area contributed by atoms with E-state index in [-0.39, 0.29) is 17.0 Å². The van der Waals surface area contributed by atoms with E-state index in [1.165, 1.54) is 75.6 Å². The molecule has 6 heteroatoms. The number of alkyl halides is 3. The molecule has 0 amide bonds. The predicted molar refractivity (Wildman–Crippen MR) is 128 cm³/mol. The fourth-order valence-electron chi connectivity index (χ4n) is 6.34. The van der Waals surface area contributed by atoms with Crippen LogP contribution in [0.5, 0.6) is 5.75 Å². The quantitative estimate of drug-likeness (QED) is 0.262. The van der Waals surface area contributed by atoms with Crippen LogP contribution in [0.3, 0.4) is 0 Å². The van der Waals surface area contributed by atoms with Crippen molar-refractivity contribution in [3.8, 4) is 16.9 Å². The van der Waals surface area contributed by atoms with Gasteiger partial charge in [-0.15, -0.1) is 13.2 Å². The molecule has 0 spiro atoms. The smallest absolute Gasteiger partial charge is 0.406 e. The molecule has 0 heterocycles. The Morgan fingerprint density at radius 3 is 2.14 bits per heavy atom. The molecule has 4 atom stereocenters. The second-order valence-corrected chi connectivity index (χ2v) is 10.5. The van der Waals surface area contributed by atoms with Gasteiger partial charge in [-0.3, -0.25) is 0 Å². The maximum atomic E-state index is 15.0. The maximum absolute atomic E-state index is 15.0. The monoisotopic (exact) mass is 494 g/mol. The van der Waals surface area contributed by atoms with E-state index in [2.05, 4.69) is 11.7 Å². The Balaban J connectivity index is 1.39. The van der Waals surface area contributed by atoms with Gasteiger partial charge in [-0.2, -0.15) is 0 Å². The van der Waals surface area contributed by atoms with E-state index in [0.29, 0.717) is 11.5 Å². The molecule has 0 bridgehead atoms. The molecule has 4 rings (SSSR count). The van der Waals surface area contributed by atoms with E-state index < -0.39 is 23.7 Å². The second-order valence-electron chi connectivity index (χ2n) is 10.5. The third-order valence-corrected chi connectivity index (χ3v) is 8.10. The molecular formula is C29H35F5O. The van der Waals surface area contributed by atoms with E-state index in [1.54, 1.807) is 0 Å². The average molecular weight is 495 g/mol. The van der Waals surface area contributed by atoms with Gasteiger partial charge < -0.3 is 4.74 Å². The van der Waals surface area contributed by atoms with Gasteiger partial charge in [-0.05, 0) is 91.2 Å². The van der Waals surface area contributed by atoms with Gasteiger partial charge in [0.15, 0.2) is 0 Å². The van der Waals surface area contributed by atoms with Crippen LogP contribution in [-0.2, 0) is 0 Å². The third kappa shape index (κ3) is 6.77. The normalized spacial score (nSPS) is 24.7. The molecule has 2 saturated carbocycles. The highest BCUT2D eigenvalue weighted by molar-refractivity contribution is 5.66. The molecule has 0 radical (unpaired) electrons. The SMILES string of the molecule is CCCCCCC1CC[C@@H]2C[C@H](c3cc(F)c(-c4ccc(OC(F)(F)F)cc4)c(F)c3)CC[C@@H]2C1. The van der Waals surface area contributed by atoms with E-state index in [4.69, 9.17) is 0 Å². The lowest BCUT2D eigenvalue weighted by Crippen LogP contribution is -2.30. The van der Waals surface area contributed by atoms with Crippen LogP contribution in [0.4, 0.5) is 22.0 Å². The summed E-state index contributed by atoms with van der Waals surface area (Å²) in [4.78, 5) is 0. The standard InChI is InChI=1S/C29H35F5O/c1-2-3-4-5-6-19-7-8-22-16-23(10-9-21(22)15-19)24-17-26(30)28(27(31)18-24)20-11-13-25(14-12-20)35-29(32,33)34/h11-14,17-19,21-23H,2-10,15-16H2,1H3/t19?,21-,22-,23-/m1/s1. The molecule has 1 nitrogen and oxygen atoms in total. The number of hydrogen-bond acceptors (Lipinski definition) is 1. The summed E-state index contributed by atoms with van der Waals surface area (Å²) in [5.41, 5.74) is 0.660. The zero-order chi connectivity index (χ0) is 25.0. The number of unbranched alkanes of at least 4 members (excludes halogenated alkanes) is 3.